The lowest BCUT2D eigenvalue weighted by Crippen LogP contribution is -2.26. The molecule has 0 fully saturated rings. The lowest BCUT2D eigenvalue weighted by atomic mass is 9.93. The highest BCUT2D eigenvalue weighted by molar-refractivity contribution is 5.37. The standard InChI is InChI=1S/C26H22F6N2/c1-17(13-18-14-21(25(27,28)29)16-22(15-18)26(30,31)32)34-24(20-11-7-4-8-12-20)23(33-2)19-9-5-3-6-10-19/h3-12,14-16,23-24,34H,1-2,13H2/t23-,24+/m1/s1. The van der Waals surface area contributed by atoms with Crippen molar-refractivity contribution in [3.63, 3.8) is 0 Å². The largest absolute Gasteiger partial charge is 0.416 e. The van der Waals surface area contributed by atoms with Crippen LogP contribution in [-0.4, -0.2) is 6.72 Å². The first-order valence-corrected chi connectivity index (χ1v) is 10.3. The normalized spacial score (nSPS) is 13.7. The number of benzene rings is 3. The smallest absolute Gasteiger partial charge is 0.379 e. The van der Waals surface area contributed by atoms with Crippen LogP contribution in [0.4, 0.5) is 26.3 Å². The van der Waals surface area contributed by atoms with Gasteiger partial charge in [0.2, 0.25) is 0 Å². The van der Waals surface area contributed by atoms with Crippen molar-refractivity contribution in [1.29, 1.82) is 0 Å². The Hall–Kier alpha value is -3.55. The Morgan fingerprint density at radius 2 is 1.24 bits per heavy atom. The molecule has 8 heteroatoms. The number of hydrogen-bond acceptors (Lipinski definition) is 2. The summed E-state index contributed by atoms with van der Waals surface area (Å²) in [6.07, 6.45) is -10.1. The van der Waals surface area contributed by atoms with E-state index in [9.17, 15) is 26.3 Å². The molecule has 2 nitrogen and oxygen atoms in total. The molecule has 0 aliphatic rings. The molecule has 34 heavy (non-hydrogen) atoms. The first-order valence-electron chi connectivity index (χ1n) is 10.3. The van der Waals surface area contributed by atoms with Gasteiger partial charge in [0.1, 0.15) is 0 Å². The minimum Gasteiger partial charge on any atom is -0.379 e. The number of allylic oxidation sites excluding steroid dienone is 1. The summed E-state index contributed by atoms with van der Waals surface area (Å²) in [5.41, 5.74) is -0.991. The zero-order valence-corrected chi connectivity index (χ0v) is 18.0. The van der Waals surface area contributed by atoms with E-state index < -0.39 is 35.6 Å². The van der Waals surface area contributed by atoms with E-state index in [1.165, 1.54) is 0 Å². The molecule has 3 aromatic rings. The van der Waals surface area contributed by atoms with Crippen molar-refractivity contribution in [2.75, 3.05) is 0 Å². The van der Waals surface area contributed by atoms with Crippen molar-refractivity contribution in [3.8, 4) is 0 Å². The third-order valence-electron chi connectivity index (χ3n) is 5.24. The van der Waals surface area contributed by atoms with Crippen LogP contribution in [0.1, 0.15) is 39.9 Å². The monoisotopic (exact) mass is 476 g/mol. The van der Waals surface area contributed by atoms with E-state index >= 15 is 0 Å². The Morgan fingerprint density at radius 1 is 0.765 bits per heavy atom. The molecule has 2 atom stereocenters. The maximum atomic E-state index is 13.2. The Kier molecular flexibility index (Phi) is 7.49. The predicted molar refractivity (Wildman–Crippen MR) is 120 cm³/mol. The molecule has 0 saturated heterocycles. The van der Waals surface area contributed by atoms with Gasteiger partial charge in [-0.05, 0) is 41.6 Å². The zero-order valence-electron chi connectivity index (χ0n) is 18.0. The van der Waals surface area contributed by atoms with Gasteiger partial charge >= 0.3 is 12.4 Å². The van der Waals surface area contributed by atoms with Gasteiger partial charge in [0.25, 0.3) is 0 Å². The lowest BCUT2D eigenvalue weighted by molar-refractivity contribution is -0.143. The number of alkyl halides is 6. The highest BCUT2D eigenvalue weighted by atomic mass is 19.4. The number of nitrogens with one attached hydrogen (secondary N) is 1. The summed E-state index contributed by atoms with van der Waals surface area (Å²) in [6.45, 7) is 7.56. The van der Waals surface area contributed by atoms with Gasteiger partial charge in [-0.3, -0.25) is 4.99 Å². The average Bonchev–Trinajstić information content (AvgIpc) is 2.79. The summed E-state index contributed by atoms with van der Waals surface area (Å²) in [5, 5.41) is 3.16. The Morgan fingerprint density at radius 3 is 1.68 bits per heavy atom. The van der Waals surface area contributed by atoms with Crippen molar-refractivity contribution in [2.24, 2.45) is 4.99 Å². The molecule has 0 amide bonds. The minimum atomic E-state index is -4.91. The predicted octanol–water partition coefficient (Wildman–Crippen LogP) is 7.55. The number of hydrogen-bond donors (Lipinski definition) is 1. The van der Waals surface area contributed by atoms with Crippen molar-refractivity contribution < 1.29 is 26.3 Å². The first kappa shape index (κ1) is 25.1. The molecule has 0 radical (unpaired) electrons. The summed E-state index contributed by atoms with van der Waals surface area (Å²) >= 11 is 0. The van der Waals surface area contributed by atoms with Crippen molar-refractivity contribution in [3.05, 3.63) is 119 Å². The molecular weight excluding hydrogens is 454 g/mol. The number of nitrogens with zero attached hydrogens (tertiary/aromatic N) is 1. The molecule has 3 rings (SSSR count). The third-order valence-corrected chi connectivity index (χ3v) is 5.24. The molecule has 0 spiro atoms. The molecule has 178 valence electrons. The van der Waals surface area contributed by atoms with Crippen LogP contribution in [0.3, 0.4) is 0 Å². The first-order chi connectivity index (χ1) is 16.0. The molecule has 0 aliphatic carbocycles. The second-order valence-electron chi connectivity index (χ2n) is 7.77. The molecule has 0 saturated carbocycles. The van der Waals surface area contributed by atoms with E-state index in [1.54, 1.807) is 0 Å². The third kappa shape index (κ3) is 6.27. The molecule has 0 unspecified atom stereocenters. The van der Waals surface area contributed by atoms with Gasteiger partial charge < -0.3 is 5.32 Å². The summed E-state index contributed by atoms with van der Waals surface area (Å²) < 4.78 is 79.3. The van der Waals surface area contributed by atoms with E-state index in [0.717, 1.165) is 11.1 Å². The number of aliphatic imine (C=N–C) groups is 1. The molecule has 0 heterocycles. The van der Waals surface area contributed by atoms with Crippen LogP contribution in [-0.2, 0) is 18.8 Å². The molecule has 0 aromatic heterocycles. The van der Waals surface area contributed by atoms with Crippen LogP contribution in [0, 0.1) is 0 Å². The van der Waals surface area contributed by atoms with Gasteiger partial charge in [0.15, 0.2) is 0 Å². The number of rotatable bonds is 8. The maximum Gasteiger partial charge on any atom is 0.416 e. The molecule has 1 N–H and O–H groups in total. The minimum absolute atomic E-state index is 0.111. The van der Waals surface area contributed by atoms with E-state index in [2.05, 4.69) is 23.6 Å². The van der Waals surface area contributed by atoms with Crippen LogP contribution in [0.2, 0.25) is 0 Å². The Balaban J connectivity index is 1.93. The van der Waals surface area contributed by atoms with Gasteiger partial charge in [-0.1, -0.05) is 67.2 Å². The van der Waals surface area contributed by atoms with Crippen molar-refractivity contribution in [2.45, 2.75) is 30.9 Å². The van der Waals surface area contributed by atoms with Crippen molar-refractivity contribution >= 4 is 6.72 Å². The van der Waals surface area contributed by atoms with Crippen LogP contribution >= 0.6 is 0 Å². The Labute approximate surface area is 193 Å². The highest BCUT2D eigenvalue weighted by Crippen LogP contribution is 2.37. The summed E-state index contributed by atoms with van der Waals surface area (Å²) in [5.74, 6) is 0. The second kappa shape index (κ2) is 10.2. The second-order valence-corrected chi connectivity index (χ2v) is 7.77. The quantitative estimate of drug-likeness (QED) is 0.263. The van der Waals surface area contributed by atoms with Crippen LogP contribution < -0.4 is 5.32 Å². The van der Waals surface area contributed by atoms with Gasteiger partial charge in [-0.2, -0.15) is 26.3 Å². The summed E-state index contributed by atoms with van der Waals surface area (Å²) in [4.78, 5) is 4.24. The topological polar surface area (TPSA) is 24.4 Å². The van der Waals surface area contributed by atoms with Gasteiger partial charge in [-0.15, -0.1) is 0 Å². The average molecular weight is 476 g/mol. The highest BCUT2D eigenvalue weighted by Gasteiger charge is 2.37. The molecular formula is C26H22F6N2. The Bertz CT molecular complexity index is 1090. The zero-order chi connectivity index (χ0) is 24.9. The van der Waals surface area contributed by atoms with E-state index in [0.29, 0.717) is 12.1 Å². The van der Waals surface area contributed by atoms with E-state index in [-0.39, 0.29) is 23.7 Å². The molecule has 3 aromatic carbocycles. The van der Waals surface area contributed by atoms with Crippen molar-refractivity contribution in [1.82, 2.24) is 5.32 Å². The summed E-state index contributed by atoms with van der Waals surface area (Å²) in [7, 11) is 0. The summed E-state index contributed by atoms with van der Waals surface area (Å²) in [6, 6.07) is 19.0. The maximum absolute atomic E-state index is 13.2. The fourth-order valence-corrected chi connectivity index (χ4v) is 3.70. The van der Waals surface area contributed by atoms with E-state index in [1.807, 2.05) is 60.7 Å². The number of halogens is 6. The van der Waals surface area contributed by atoms with Gasteiger partial charge in [0.05, 0.1) is 23.2 Å². The van der Waals surface area contributed by atoms with E-state index in [4.69, 9.17) is 0 Å². The van der Waals surface area contributed by atoms with Crippen LogP contribution in [0.5, 0.6) is 0 Å². The fourth-order valence-electron chi connectivity index (χ4n) is 3.70. The fraction of sp³-hybridized carbons (Fsp3) is 0.192. The van der Waals surface area contributed by atoms with Gasteiger partial charge in [-0.25, -0.2) is 0 Å². The van der Waals surface area contributed by atoms with Crippen LogP contribution in [0.15, 0.2) is 96.1 Å². The van der Waals surface area contributed by atoms with Gasteiger partial charge in [0, 0.05) is 12.1 Å². The van der Waals surface area contributed by atoms with Crippen LogP contribution in [0.25, 0.3) is 0 Å². The molecule has 0 aliphatic heterocycles. The molecule has 0 bridgehead atoms. The SMILES string of the molecule is C=N[C@H](c1ccccc1)[C@@H](NC(=C)Cc1cc(C(F)(F)F)cc(C(F)(F)F)c1)c1ccccc1. The lowest BCUT2D eigenvalue weighted by Gasteiger charge is -2.28.